The molecule has 0 amide bonds. The average molecular weight is 279 g/mol. The van der Waals surface area contributed by atoms with Gasteiger partial charge in [0.05, 0.1) is 0 Å². The van der Waals surface area contributed by atoms with Gasteiger partial charge in [0, 0.05) is 43.4 Å². The molecule has 5 heteroatoms. The molecule has 0 bridgehead atoms. The molecule has 63 valence electrons. The van der Waals surface area contributed by atoms with Crippen molar-refractivity contribution in [1.29, 1.82) is 0 Å². The monoisotopic (exact) mass is 278 g/mol. The third-order valence-electron chi connectivity index (χ3n) is 1.08. The molecule has 0 aliphatic carbocycles. The quantitative estimate of drug-likeness (QED) is 0.610. The largest absolute Gasteiger partial charge is 0.221 e. The van der Waals surface area contributed by atoms with Gasteiger partial charge < -0.3 is 0 Å². The minimum Gasteiger partial charge on any atom is -0.221 e. The van der Waals surface area contributed by atoms with E-state index >= 15 is 0 Å². The zero-order valence-corrected chi connectivity index (χ0v) is 10.6. The molecule has 0 heterocycles. The zero-order valence-electron chi connectivity index (χ0n) is 6.14. The first-order valence-corrected chi connectivity index (χ1v) is 5.30. The van der Waals surface area contributed by atoms with Crippen molar-refractivity contribution in [1.82, 2.24) is 0 Å². The van der Waals surface area contributed by atoms with Gasteiger partial charge in [0.1, 0.15) is 0 Å². The van der Waals surface area contributed by atoms with Gasteiger partial charge in [-0.2, -0.15) is 17.7 Å². The van der Waals surface area contributed by atoms with Crippen LogP contribution < -0.4 is 0 Å². The van der Waals surface area contributed by atoms with Crippen molar-refractivity contribution in [3.63, 3.8) is 0 Å². The normalized spacial score (nSPS) is 10.1. The molecule has 0 spiro atoms. The Balaban J connectivity index is 0.00000121. The smallest absolute Gasteiger partial charge is 0.209 e. The maximum atomic E-state index is 10.5. The van der Waals surface area contributed by atoms with Gasteiger partial charge in [-0.1, -0.05) is 11.8 Å². The number of benzene rings is 1. The van der Waals surface area contributed by atoms with E-state index in [9.17, 15) is 8.42 Å². The van der Waals surface area contributed by atoms with Gasteiger partial charge in [0.15, 0.2) is 0 Å². The van der Waals surface area contributed by atoms with E-state index in [1.165, 1.54) is 0 Å². The van der Waals surface area contributed by atoms with E-state index in [0.717, 1.165) is 5.75 Å². The predicted octanol–water partition coefficient (Wildman–Crippen LogP) is 1.76. The van der Waals surface area contributed by atoms with E-state index in [1.807, 2.05) is 0 Å². The topological polar surface area (TPSA) is 34.1 Å². The van der Waals surface area contributed by atoms with Crippen LogP contribution in [0.1, 0.15) is 5.56 Å². The maximum Gasteiger partial charge on any atom is 0.209 e. The van der Waals surface area contributed by atoms with Crippen molar-refractivity contribution >= 4 is 19.7 Å². The summed E-state index contributed by atoms with van der Waals surface area (Å²) in [6.07, 6.45) is 0. The first-order chi connectivity index (χ1) is 5.08. The number of rotatable bonds is 2. The van der Waals surface area contributed by atoms with Crippen molar-refractivity contribution in [3.8, 4) is 0 Å². The molecule has 1 radical (unpaired) electrons. The van der Waals surface area contributed by atoms with Crippen molar-refractivity contribution in [2.45, 2.75) is 0 Å². The summed E-state index contributed by atoms with van der Waals surface area (Å²) in [6.45, 7) is 0. The summed E-state index contributed by atoms with van der Waals surface area (Å²) in [5.41, 5.74) is 0.586. The standard InChI is InChI=1S/C7H6ClO2S.Y/c8-11(9,10)6-7-4-2-1-3-5-7;/h1-6H;/q-1;. The third kappa shape index (κ3) is 5.15. The van der Waals surface area contributed by atoms with Crippen LogP contribution in [-0.2, 0) is 41.8 Å². The van der Waals surface area contributed by atoms with Crippen molar-refractivity contribution in [2.24, 2.45) is 0 Å². The Bertz CT molecular complexity index is 323. The molecule has 0 unspecified atom stereocenters. The molecule has 0 aromatic heterocycles. The Hall–Kier alpha value is 0.434. The van der Waals surface area contributed by atoms with Gasteiger partial charge in [-0.25, -0.2) is 8.42 Å². The Morgan fingerprint density at radius 2 is 1.67 bits per heavy atom. The molecule has 0 fully saturated rings. The maximum absolute atomic E-state index is 10.5. The van der Waals surface area contributed by atoms with Crippen molar-refractivity contribution < 1.29 is 41.1 Å². The molecule has 2 nitrogen and oxygen atoms in total. The fourth-order valence-electron chi connectivity index (χ4n) is 0.694. The van der Waals surface area contributed by atoms with Crippen LogP contribution in [0.15, 0.2) is 30.3 Å². The SMILES string of the molecule is O=S(=O)(Cl)[CH-]c1ccccc1.[Y]. The first kappa shape index (κ1) is 12.4. The molecule has 1 aromatic rings. The van der Waals surface area contributed by atoms with E-state index in [0.29, 0.717) is 5.56 Å². The summed E-state index contributed by atoms with van der Waals surface area (Å²) in [4.78, 5) is 0. The fourth-order valence-corrected chi connectivity index (χ4v) is 1.48. The summed E-state index contributed by atoms with van der Waals surface area (Å²) in [7, 11) is 1.45. The van der Waals surface area contributed by atoms with E-state index in [-0.39, 0.29) is 32.7 Å². The van der Waals surface area contributed by atoms with Crippen LogP contribution in [0, 0.1) is 5.75 Å². The molecule has 1 rings (SSSR count). The van der Waals surface area contributed by atoms with E-state index in [2.05, 4.69) is 0 Å². The van der Waals surface area contributed by atoms with Crippen molar-refractivity contribution in [2.75, 3.05) is 0 Å². The molecule has 1 aromatic carbocycles. The van der Waals surface area contributed by atoms with Crippen LogP contribution >= 0.6 is 10.7 Å². The minimum absolute atomic E-state index is 0. The number of halogens is 1. The summed E-state index contributed by atoms with van der Waals surface area (Å²) >= 11 is 0. The minimum atomic E-state index is -3.53. The van der Waals surface area contributed by atoms with E-state index < -0.39 is 9.05 Å². The van der Waals surface area contributed by atoms with E-state index in [1.54, 1.807) is 30.3 Å². The molecule has 12 heavy (non-hydrogen) atoms. The van der Waals surface area contributed by atoms with Gasteiger partial charge in [-0.15, -0.1) is 12.1 Å². The van der Waals surface area contributed by atoms with Crippen LogP contribution in [0.5, 0.6) is 0 Å². The second-order valence-electron chi connectivity index (χ2n) is 2.00. The molecule has 0 aliphatic heterocycles. The molecule has 0 N–H and O–H groups in total. The number of hydrogen-bond donors (Lipinski definition) is 0. The Kier molecular flexibility index (Phi) is 5.41. The third-order valence-corrected chi connectivity index (χ3v) is 1.90. The molecule has 0 saturated heterocycles. The molecular formula is C7H6ClO2SY-. The molecule has 0 aliphatic rings. The average Bonchev–Trinajstić information content (AvgIpc) is 1.85. The fraction of sp³-hybridized carbons (Fsp3) is 0. The summed E-state index contributed by atoms with van der Waals surface area (Å²) in [5, 5.41) is 0. The molecule has 0 saturated carbocycles. The Morgan fingerprint density at radius 1 is 1.17 bits per heavy atom. The molecule has 0 atom stereocenters. The van der Waals surface area contributed by atoms with Gasteiger partial charge in [0.2, 0.25) is 9.05 Å². The first-order valence-electron chi connectivity index (χ1n) is 2.92. The van der Waals surface area contributed by atoms with Crippen LogP contribution in [0.3, 0.4) is 0 Å². The summed E-state index contributed by atoms with van der Waals surface area (Å²) in [5.74, 6) is 1.01. The Labute approximate surface area is 102 Å². The number of hydrogen-bond acceptors (Lipinski definition) is 2. The van der Waals surface area contributed by atoms with Crippen LogP contribution in [0.25, 0.3) is 0 Å². The molecular weight excluding hydrogens is 273 g/mol. The van der Waals surface area contributed by atoms with Crippen molar-refractivity contribution in [3.05, 3.63) is 41.6 Å². The summed E-state index contributed by atoms with van der Waals surface area (Å²) in [6, 6.07) is 8.62. The van der Waals surface area contributed by atoms with Crippen LogP contribution in [0.2, 0.25) is 0 Å². The van der Waals surface area contributed by atoms with Gasteiger partial charge in [-0.05, 0) is 0 Å². The van der Waals surface area contributed by atoms with Crippen LogP contribution in [-0.4, -0.2) is 8.42 Å². The van der Waals surface area contributed by atoms with Crippen LogP contribution in [0.4, 0.5) is 0 Å². The summed E-state index contributed by atoms with van der Waals surface area (Å²) < 4.78 is 21.0. The second kappa shape index (κ2) is 5.23. The van der Waals surface area contributed by atoms with E-state index in [4.69, 9.17) is 10.7 Å². The second-order valence-corrected chi connectivity index (χ2v) is 4.48. The van der Waals surface area contributed by atoms with Gasteiger partial charge in [0.25, 0.3) is 0 Å². The van der Waals surface area contributed by atoms with Gasteiger partial charge >= 0.3 is 0 Å². The predicted molar refractivity (Wildman–Crippen MR) is 44.6 cm³/mol. The zero-order chi connectivity index (χ0) is 8.32. The van der Waals surface area contributed by atoms with Gasteiger partial charge in [-0.3, -0.25) is 0 Å². The Morgan fingerprint density at radius 3 is 2.08 bits per heavy atom.